The smallest absolute Gasteiger partial charge is 0.137 e. The summed E-state index contributed by atoms with van der Waals surface area (Å²) in [6, 6.07) is 7.92. The molecule has 0 aliphatic rings. The number of hydrogen-bond donors (Lipinski definition) is 1. The average Bonchev–Trinajstić information content (AvgIpc) is 2.80. The molecule has 0 saturated heterocycles. The standard InChI is InChI=1S/C14H17ClN2O/c1-11(18)14-16-8-10-17(14)9-2-3-12-4-6-13(15)7-5-12/h4-8,10-11,18H,2-3,9H2,1H3/t11-/m0/s1. The van der Waals surface area contributed by atoms with Crippen LogP contribution in [0.4, 0.5) is 0 Å². The van der Waals surface area contributed by atoms with E-state index in [-0.39, 0.29) is 0 Å². The Labute approximate surface area is 112 Å². The van der Waals surface area contributed by atoms with Crippen LogP contribution in [0.3, 0.4) is 0 Å². The van der Waals surface area contributed by atoms with Crippen LogP contribution in [0.5, 0.6) is 0 Å². The molecule has 0 unspecified atom stereocenters. The summed E-state index contributed by atoms with van der Waals surface area (Å²) in [5.74, 6) is 0.728. The van der Waals surface area contributed by atoms with Gasteiger partial charge in [0.15, 0.2) is 0 Å². The largest absolute Gasteiger partial charge is 0.385 e. The van der Waals surface area contributed by atoms with Crippen LogP contribution >= 0.6 is 11.6 Å². The van der Waals surface area contributed by atoms with Crippen molar-refractivity contribution in [2.24, 2.45) is 0 Å². The third-order valence-electron chi connectivity index (χ3n) is 2.90. The van der Waals surface area contributed by atoms with Crippen LogP contribution < -0.4 is 0 Å². The summed E-state index contributed by atoms with van der Waals surface area (Å²) in [4.78, 5) is 4.15. The van der Waals surface area contributed by atoms with Gasteiger partial charge in [-0.1, -0.05) is 23.7 Å². The van der Waals surface area contributed by atoms with Crippen molar-refractivity contribution < 1.29 is 5.11 Å². The van der Waals surface area contributed by atoms with Crippen LogP contribution in [0.15, 0.2) is 36.7 Å². The Balaban J connectivity index is 1.88. The first-order valence-corrected chi connectivity index (χ1v) is 6.48. The number of aromatic nitrogens is 2. The highest BCUT2D eigenvalue weighted by Gasteiger charge is 2.07. The first-order valence-electron chi connectivity index (χ1n) is 6.10. The predicted molar refractivity (Wildman–Crippen MR) is 72.6 cm³/mol. The minimum absolute atomic E-state index is 0.518. The number of aryl methyl sites for hydroxylation is 2. The Morgan fingerprint density at radius 2 is 2.06 bits per heavy atom. The van der Waals surface area contributed by atoms with Crippen LogP contribution in [0.1, 0.15) is 30.8 Å². The van der Waals surface area contributed by atoms with Crippen molar-refractivity contribution in [1.29, 1.82) is 0 Å². The lowest BCUT2D eigenvalue weighted by atomic mass is 10.1. The number of rotatable bonds is 5. The molecule has 1 aromatic heterocycles. The van der Waals surface area contributed by atoms with E-state index in [0.717, 1.165) is 30.2 Å². The Morgan fingerprint density at radius 3 is 2.72 bits per heavy atom. The Bertz CT molecular complexity index is 491. The summed E-state index contributed by atoms with van der Waals surface area (Å²) < 4.78 is 2.00. The second-order valence-corrected chi connectivity index (χ2v) is 4.82. The highest BCUT2D eigenvalue weighted by molar-refractivity contribution is 6.30. The average molecular weight is 265 g/mol. The Hall–Kier alpha value is -1.32. The third kappa shape index (κ3) is 3.34. The molecule has 0 spiro atoms. The van der Waals surface area contributed by atoms with Crippen LogP contribution in [-0.2, 0) is 13.0 Å². The Morgan fingerprint density at radius 1 is 1.33 bits per heavy atom. The monoisotopic (exact) mass is 264 g/mol. The SMILES string of the molecule is C[C@H](O)c1nccn1CCCc1ccc(Cl)cc1. The maximum atomic E-state index is 9.54. The van der Waals surface area contributed by atoms with Crippen molar-refractivity contribution >= 4 is 11.6 Å². The topological polar surface area (TPSA) is 38.1 Å². The van der Waals surface area contributed by atoms with Gasteiger partial charge in [-0.05, 0) is 37.5 Å². The van der Waals surface area contributed by atoms with Gasteiger partial charge in [0.05, 0.1) is 0 Å². The number of halogens is 1. The zero-order valence-corrected chi connectivity index (χ0v) is 11.1. The van der Waals surface area contributed by atoms with Gasteiger partial charge in [-0.3, -0.25) is 0 Å². The molecule has 1 heterocycles. The highest BCUT2D eigenvalue weighted by Crippen LogP contribution is 2.13. The summed E-state index contributed by atoms with van der Waals surface area (Å²) in [5, 5.41) is 10.3. The van der Waals surface area contributed by atoms with E-state index in [4.69, 9.17) is 11.6 Å². The summed E-state index contributed by atoms with van der Waals surface area (Å²) in [5.41, 5.74) is 1.28. The quantitative estimate of drug-likeness (QED) is 0.900. The van der Waals surface area contributed by atoms with Crippen LogP contribution in [0.2, 0.25) is 5.02 Å². The molecule has 0 saturated carbocycles. The molecule has 18 heavy (non-hydrogen) atoms. The molecule has 0 fully saturated rings. The van der Waals surface area contributed by atoms with E-state index in [1.807, 2.05) is 35.0 Å². The molecular formula is C14H17ClN2O. The van der Waals surface area contributed by atoms with Gasteiger partial charge >= 0.3 is 0 Å². The van der Waals surface area contributed by atoms with Crippen molar-refractivity contribution in [3.05, 3.63) is 53.1 Å². The van der Waals surface area contributed by atoms with E-state index in [1.165, 1.54) is 5.56 Å². The maximum Gasteiger partial charge on any atom is 0.137 e. The molecule has 0 radical (unpaired) electrons. The number of imidazole rings is 1. The number of hydrogen-bond acceptors (Lipinski definition) is 2. The molecule has 0 aliphatic carbocycles. The van der Waals surface area contributed by atoms with Gasteiger partial charge < -0.3 is 9.67 Å². The van der Waals surface area contributed by atoms with Crippen LogP contribution in [0.25, 0.3) is 0 Å². The van der Waals surface area contributed by atoms with Gasteiger partial charge in [-0.2, -0.15) is 0 Å². The van der Waals surface area contributed by atoms with E-state index < -0.39 is 6.10 Å². The number of aliphatic hydroxyl groups excluding tert-OH is 1. The van der Waals surface area contributed by atoms with Gasteiger partial charge in [0.2, 0.25) is 0 Å². The molecule has 96 valence electrons. The molecule has 0 bridgehead atoms. The first kappa shape index (κ1) is 13.1. The van der Waals surface area contributed by atoms with Gasteiger partial charge in [-0.25, -0.2) is 4.98 Å². The number of benzene rings is 1. The van der Waals surface area contributed by atoms with Gasteiger partial charge in [-0.15, -0.1) is 0 Å². The van der Waals surface area contributed by atoms with Crippen molar-refractivity contribution in [1.82, 2.24) is 9.55 Å². The molecule has 1 atom stereocenters. The normalized spacial score (nSPS) is 12.6. The van der Waals surface area contributed by atoms with Crippen LogP contribution in [0, 0.1) is 0 Å². The van der Waals surface area contributed by atoms with Crippen molar-refractivity contribution in [3.8, 4) is 0 Å². The van der Waals surface area contributed by atoms with E-state index in [9.17, 15) is 5.11 Å². The summed E-state index contributed by atoms with van der Waals surface area (Å²) >= 11 is 5.84. The highest BCUT2D eigenvalue weighted by atomic mass is 35.5. The first-order chi connectivity index (χ1) is 8.66. The lowest BCUT2D eigenvalue weighted by Crippen LogP contribution is -2.07. The molecule has 2 rings (SSSR count). The van der Waals surface area contributed by atoms with Crippen molar-refractivity contribution in [2.45, 2.75) is 32.4 Å². The molecule has 0 aliphatic heterocycles. The Kier molecular flexibility index (Phi) is 4.39. The fraction of sp³-hybridized carbons (Fsp3) is 0.357. The summed E-state index contributed by atoms with van der Waals surface area (Å²) in [6.07, 6.45) is 5.12. The fourth-order valence-electron chi connectivity index (χ4n) is 1.98. The van der Waals surface area contributed by atoms with Crippen molar-refractivity contribution in [3.63, 3.8) is 0 Å². The lowest BCUT2D eigenvalue weighted by molar-refractivity contribution is 0.183. The van der Waals surface area contributed by atoms with Gasteiger partial charge in [0, 0.05) is 24.0 Å². The molecule has 2 aromatic rings. The molecule has 1 N–H and O–H groups in total. The maximum absolute atomic E-state index is 9.54. The zero-order chi connectivity index (χ0) is 13.0. The number of nitrogens with zero attached hydrogens (tertiary/aromatic N) is 2. The summed E-state index contributed by atoms with van der Waals surface area (Å²) in [7, 11) is 0. The molecule has 0 amide bonds. The van der Waals surface area contributed by atoms with Crippen LogP contribution in [-0.4, -0.2) is 14.7 Å². The van der Waals surface area contributed by atoms with E-state index in [1.54, 1.807) is 13.1 Å². The second kappa shape index (κ2) is 6.03. The minimum Gasteiger partial charge on any atom is -0.385 e. The van der Waals surface area contributed by atoms with Gasteiger partial charge in [0.1, 0.15) is 11.9 Å². The van der Waals surface area contributed by atoms with Gasteiger partial charge in [0.25, 0.3) is 0 Å². The lowest BCUT2D eigenvalue weighted by Gasteiger charge is -2.09. The predicted octanol–water partition coefficient (Wildman–Crippen LogP) is 3.22. The van der Waals surface area contributed by atoms with E-state index in [0.29, 0.717) is 0 Å². The fourth-order valence-corrected chi connectivity index (χ4v) is 2.11. The second-order valence-electron chi connectivity index (χ2n) is 4.38. The third-order valence-corrected chi connectivity index (χ3v) is 3.15. The molecule has 3 nitrogen and oxygen atoms in total. The number of aliphatic hydroxyl groups is 1. The van der Waals surface area contributed by atoms with Crippen molar-refractivity contribution in [2.75, 3.05) is 0 Å². The summed E-state index contributed by atoms with van der Waals surface area (Å²) in [6.45, 7) is 2.60. The minimum atomic E-state index is -0.518. The van der Waals surface area contributed by atoms with E-state index in [2.05, 4.69) is 4.98 Å². The molecule has 1 aromatic carbocycles. The van der Waals surface area contributed by atoms with E-state index >= 15 is 0 Å². The zero-order valence-electron chi connectivity index (χ0n) is 10.4. The molecular weight excluding hydrogens is 248 g/mol. The molecule has 4 heteroatoms.